The van der Waals surface area contributed by atoms with Crippen LogP contribution in [-0.4, -0.2) is 36.4 Å². The lowest BCUT2D eigenvalue weighted by molar-refractivity contribution is -0.142. The van der Waals surface area contributed by atoms with E-state index in [9.17, 15) is 18.3 Å². The van der Waals surface area contributed by atoms with Crippen molar-refractivity contribution in [2.45, 2.75) is 38.6 Å². The molecule has 1 aliphatic heterocycles. The lowest BCUT2D eigenvalue weighted by atomic mass is 10.1. The van der Waals surface area contributed by atoms with Gasteiger partial charge in [-0.3, -0.25) is 9.52 Å². The van der Waals surface area contributed by atoms with Crippen LogP contribution in [0.5, 0.6) is 0 Å². The molecule has 1 aromatic carbocycles. The minimum atomic E-state index is -3.85. The third kappa shape index (κ3) is 3.74. The Labute approximate surface area is 125 Å². The van der Waals surface area contributed by atoms with Crippen molar-refractivity contribution in [3.63, 3.8) is 0 Å². The first-order valence-electron chi connectivity index (χ1n) is 7.05. The summed E-state index contributed by atoms with van der Waals surface area (Å²) >= 11 is 0. The number of anilines is 1. The Kier molecular flexibility index (Phi) is 4.84. The number of hydrogen-bond acceptors (Lipinski definition) is 3. The third-order valence-corrected chi connectivity index (χ3v) is 5.20. The Morgan fingerprint density at radius 2 is 2.00 bits per heavy atom. The number of benzene rings is 1. The molecule has 0 radical (unpaired) electrons. The summed E-state index contributed by atoms with van der Waals surface area (Å²) in [5.74, 6) is -1.10. The average Bonchev–Trinajstić information content (AvgIpc) is 2.47. The molecular weight excluding hydrogens is 292 g/mol. The van der Waals surface area contributed by atoms with Crippen LogP contribution in [0, 0.1) is 0 Å². The molecule has 0 bridgehead atoms. The summed E-state index contributed by atoms with van der Waals surface area (Å²) in [7, 11) is -3.85. The molecule has 1 unspecified atom stereocenters. The Morgan fingerprint density at radius 3 is 2.57 bits per heavy atom. The summed E-state index contributed by atoms with van der Waals surface area (Å²) in [6, 6.07) is 6.10. The van der Waals surface area contributed by atoms with Crippen LogP contribution < -0.4 is 4.72 Å². The maximum Gasteiger partial charge on any atom is 0.322 e. The fraction of sp³-hybridized carbons (Fsp3) is 0.500. The van der Waals surface area contributed by atoms with E-state index in [1.54, 1.807) is 12.1 Å². The van der Waals surface area contributed by atoms with Crippen LogP contribution in [0.2, 0.25) is 0 Å². The van der Waals surface area contributed by atoms with E-state index in [4.69, 9.17) is 0 Å². The van der Waals surface area contributed by atoms with Gasteiger partial charge in [0.2, 0.25) is 0 Å². The number of nitrogens with one attached hydrogen (secondary N) is 1. The predicted molar refractivity (Wildman–Crippen MR) is 80.3 cm³/mol. The van der Waals surface area contributed by atoms with Crippen LogP contribution in [-0.2, 0) is 21.4 Å². The van der Waals surface area contributed by atoms with Gasteiger partial charge in [0.25, 0.3) is 0 Å². The number of aliphatic carboxylic acids is 1. The number of rotatable bonds is 5. The van der Waals surface area contributed by atoms with Gasteiger partial charge in [-0.15, -0.1) is 0 Å². The minimum Gasteiger partial charge on any atom is -0.480 e. The van der Waals surface area contributed by atoms with Crippen LogP contribution in [0.25, 0.3) is 0 Å². The van der Waals surface area contributed by atoms with Gasteiger partial charge in [-0.2, -0.15) is 12.7 Å². The first kappa shape index (κ1) is 15.8. The summed E-state index contributed by atoms with van der Waals surface area (Å²) in [5, 5.41) is 9.17. The molecule has 0 saturated carbocycles. The van der Waals surface area contributed by atoms with Gasteiger partial charge in [-0.05, 0) is 43.4 Å². The number of aryl methyl sites for hydroxylation is 1. The summed E-state index contributed by atoms with van der Waals surface area (Å²) in [6.07, 6.45) is 2.64. The van der Waals surface area contributed by atoms with Gasteiger partial charge in [0.05, 0.1) is 0 Å². The number of carbonyl (C=O) groups is 1. The van der Waals surface area contributed by atoms with Gasteiger partial charge < -0.3 is 5.11 Å². The minimum absolute atomic E-state index is 0.235. The second-order valence-electron chi connectivity index (χ2n) is 5.12. The first-order valence-corrected chi connectivity index (χ1v) is 8.49. The van der Waals surface area contributed by atoms with Crippen molar-refractivity contribution >= 4 is 21.9 Å². The van der Waals surface area contributed by atoms with Crippen LogP contribution >= 0.6 is 0 Å². The molecule has 0 spiro atoms. The van der Waals surface area contributed by atoms with Crippen molar-refractivity contribution in [3.05, 3.63) is 29.8 Å². The fourth-order valence-corrected chi connectivity index (χ4v) is 3.91. The Balaban J connectivity index is 2.17. The zero-order valence-corrected chi connectivity index (χ0v) is 12.8. The molecule has 1 aromatic rings. The van der Waals surface area contributed by atoms with E-state index in [1.807, 2.05) is 19.1 Å². The average molecular weight is 312 g/mol. The number of hydrogen-bond donors (Lipinski definition) is 2. The highest BCUT2D eigenvalue weighted by Gasteiger charge is 2.36. The molecule has 0 aromatic heterocycles. The zero-order valence-electron chi connectivity index (χ0n) is 11.9. The molecule has 116 valence electrons. The van der Waals surface area contributed by atoms with Crippen LogP contribution in [0.3, 0.4) is 0 Å². The van der Waals surface area contributed by atoms with Crippen molar-refractivity contribution in [1.29, 1.82) is 0 Å². The maximum atomic E-state index is 12.4. The molecule has 1 atom stereocenters. The first-order chi connectivity index (χ1) is 9.94. The molecular formula is C14H20N2O4S. The molecule has 6 nitrogen and oxygen atoms in total. The molecule has 2 N–H and O–H groups in total. The van der Waals surface area contributed by atoms with E-state index >= 15 is 0 Å². The Bertz CT molecular complexity index is 598. The van der Waals surface area contributed by atoms with Crippen molar-refractivity contribution in [2.24, 2.45) is 0 Å². The third-order valence-electron chi connectivity index (χ3n) is 3.66. The van der Waals surface area contributed by atoms with Gasteiger partial charge in [0.1, 0.15) is 6.04 Å². The van der Waals surface area contributed by atoms with Gasteiger partial charge >= 0.3 is 16.2 Å². The van der Waals surface area contributed by atoms with E-state index < -0.39 is 22.2 Å². The predicted octanol–water partition coefficient (Wildman–Crippen LogP) is 1.84. The van der Waals surface area contributed by atoms with E-state index in [0.29, 0.717) is 18.5 Å². The van der Waals surface area contributed by atoms with Crippen LogP contribution in [0.4, 0.5) is 5.69 Å². The van der Waals surface area contributed by atoms with Crippen molar-refractivity contribution < 1.29 is 18.3 Å². The lowest BCUT2D eigenvalue weighted by Crippen LogP contribution is -2.49. The summed E-state index contributed by atoms with van der Waals surface area (Å²) in [6.45, 7) is 2.25. The molecule has 1 heterocycles. The molecule has 21 heavy (non-hydrogen) atoms. The molecule has 1 aliphatic rings. The van der Waals surface area contributed by atoms with Gasteiger partial charge in [0.15, 0.2) is 0 Å². The Hall–Kier alpha value is -1.60. The monoisotopic (exact) mass is 312 g/mol. The van der Waals surface area contributed by atoms with Crippen molar-refractivity contribution in [1.82, 2.24) is 4.31 Å². The van der Waals surface area contributed by atoms with Gasteiger partial charge in [-0.1, -0.05) is 19.1 Å². The fourth-order valence-electron chi connectivity index (χ4n) is 2.46. The van der Waals surface area contributed by atoms with Gasteiger partial charge in [-0.25, -0.2) is 0 Å². The van der Waals surface area contributed by atoms with E-state index in [1.165, 1.54) is 0 Å². The molecule has 7 heteroatoms. The zero-order chi connectivity index (χ0) is 15.5. The van der Waals surface area contributed by atoms with E-state index in [-0.39, 0.29) is 6.54 Å². The Morgan fingerprint density at radius 1 is 1.33 bits per heavy atom. The second kappa shape index (κ2) is 6.44. The SMILES string of the molecule is CCc1ccc(NS(=O)(=O)N2CCCCC2C(=O)O)cc1. The lowest BCUT2D eigenvalue weighted by Gasteiger charge is -2.31. The normalized spacial score (nSPS) is 20.1. The maximum absolute atomic E-state index is 12.4. The van der Waals surface area contributed by atoms with Crippen molar-refractivity contribution in [2.75, 3.05) is 11.3 Å². The summed E-state index contributed by atoms with van der Waals surface area (Å²) in [4.78, 5) is 11.2. The largest absolute Gasteiger partial charge is 0.480 e. The molecule has 2 rings (SSSR count). The second-order valence-corrected chi connectivity index (χ2v) is 6.74. The summed E-state index contributed by atoms with van der Waals surface area (Å²) in [5.41, 5.74) is 1.56. The molecule has 0 aliphatic carbocycles. The smallest absolute Gasteiger partial charge is 0.322 e. The van der Waals surface area contributed by atoms with E-state index in [0.717, 1.165) is 22.7 Å². The van der Waals surface area contributed by atoms with Crippen LogP contribution in [0.15, 0.2) is 24.3 Å². The summed E-state index contributed by atoms with van der Waals surface area (Å²) < 4.78 is 28.3. The quantitative estimate of drug-likeness (QED) is 0.868. The van der Waals surface area contributed by atoms with Crippen molar-refractivity contribution in [3.8, 4) is 0 Å². The number of carboxylic acid groups (broad SMARTS) is 1. The number of nitrogens with zero attached hydrogens (tertiary/aromatic N) is 1. The topological polar surface area (TPSA) is 86.7 Å². The highest BCUT2D eigenvalue weighted by atomic mass is 32.2. The molecule has 1 saturated heterocycles. The molecule has 0 amide bonds. The highest BCUT2D eigenvalue weighted by Crippen LogP contribution is 2.22. The standard InChI is InChI=1S/C14H20N2O4S/c1-2-11-6-8-12(9-7-11)15-21(19,20)16-10-4-3-5-13(16)14(17)18/h6-9,13,15H,2-5,10H2,1H3,(H,17,18). The van der Waals surface area contributed by atoms with Crippen LogP contribution in [0.1, 0.15) is 31.7 Å². The number of piperidine rings is 1. The van der Waals surface area contributed by atoms with E-state index in [2.05, 4.69) is 4.72 Å². The molecule has 1 fully saturated rings. The van der Waals surface area contributed by atoms with Gasteiger partial charge in [0, 0.05) is 12.2 Å². The highest BCUT2D eigenvalue weighted by molar-refractivity contribution is 7.90. The number of carboxylic acids is 1.